The lowest BCUT2D eigenvalue weighted by Crippen LogP contribution is -2.34. The number of anilines is 1. The predicted octanol–water partition coefficient (Wildman–Crippen LogP) is 7.50. The maximum atomic E-state index is 14.0. The van der Waals surface area contributed by atoms with Crippen molar-refractivity contribution in [1.82, 2.24) is 9.78 Å². The summed E-state index contributed by atoms with van der Waals surface area (Å²) in [4.78, 5) is 13.7. The van der Waals surface area contributed by atoms with Crippen molar-refractivity contribution in [2.24, 2.45) is 5.41 Å². The van der Waals surface area contributed by atoms with Crippen LogP contribution in [0.15, 0.2) is 84.1 Å². The molecule has 1 aliphatic carbocycles. The first-order valence-corrected chi connectivity index (χ1v) is 12.8. The maximum absolute atomic E-state index is 14.0. The molecular weight excluding hydrogens is 461 g/mol. The van der Waals surface area contributed by atoms with Crippen molar-refractivity contribution in [1.29, 1.82) is 0 Å². The molecule has 0 radical (unpaired) electrons. The number of nitrogens with one attached hydrogen (secondary N) is 1. The zero-order valence-electron chi connectivity index (χ0n) is 21.6. The predicted molar refractivity (Wildman–Crippen MR) is 145 cm³/mol. The van der Waals surface area contributed by atoms with Gasteiger partial charge in [0.05, 0.1) is 11.4 Å². The van der Waals surface area contributed by atoms with Crippen LogP contribution in [0.25, 0.3) is 16.9 Å². The number of benzene rings is 3. The molecule has 186 valence electrons. The molecule has 1 aromatic heterocycles. The van der Waals surface area contributed by atoms with Crippen molar-refractivity contribution < 1.29 is 9.18 Å². The molecule has 0 fully saturated rings. The second kappa shape index (κ2) is 8.55. The number of halogens is 1. The molecule has 3 aromatic carbocycles. The van der Waals surface area contributed by atoms with Crippen molar-refractivity contribution in [2.45, 2.75) is 46.5 Å². The number of aryl methyl sites for hydroxylation is 2. The third-order valence-electron chi connectivity index (χ3n) is 7.52. The number of aromatic nitrogens is 2. The van der Waals surface area contributed by atoms with Gasteiger partial charge in [-0.2, -0.15) is 5.10 Å². The van der Waals surface area contributed by atoms with Crippen molar-refractivity contribution in [3.05, 3.63) is 112 Å². The largest absolute Gasteiger partial charge is 0.343 e. The number of allylic oxidation sites excluding steroid dienone is 2. The molecule has 37 heavy (non-hydrogen) atoms. The average Bonchev–Trinajstić information content (AvgIpc) is 3.22. The van der Waals surface area contributed by atoms with Crippen LogP contribution in [0.1, 0.15) is 54.9 Å². The number of hydrogen-bond acceptors (Lipinski definition) is 3. The fourth-order valence-corrected chi connectivity index (χ4v) is 5.91. The van der Waals surface area contributed by atoms with Crippen LogP contribution in [0.2, 0.25) is 0 Å². The molecule has 5 heteroatoms. The van der Waals surface area contributed by atoms with E-state index in [9.17, 15) is 9.18 Å². The van der Waals surface area contributed by atoms with Gasteiger partial charge in [0.25, 0.3) is 0 Å². The van der Waals surface area contributed by atoms with Gasteiger partial charge in [0.1, 0.15) is 11.6 Å². The second-order valence-electron chi connectivity index (χ2n) is 11.1. The van der Waals surface area contributed by atoms with Crippen molar-refractivity contribution in [2.75, 3.05) is 5.32 Å². The lowest BCUT2D eigenvalue weighted by Gasteiger charge is -2.39. The topological polar surface area (TPSA) is 46.9 Å². The van der Waals surface area contributed by atoms with Gasteiger partial charge in [-0.05, 0) is 55.0 Å². The van der Waals surface area contributed by atoms with Crippen LogP contribution in [0.5, 0.6) is 0 Å². The first-order valence-electron chi connectivity index (χ1n) is 12.8. The quantitative estimate of drug-likeness (QED) is 0.323. The molecule has 0 saturated carbocycles. The Morgan fingerprint density at radius 3 is 2.41 bits per heavy atom. The Hall–Kier alpha value is -3.99. The highest BCUT2D eigenvalue weighted by Gasteiger charge is 2.43. The summed E-state index contributed by atoms with van der Waals surface area (Å²) in [6.07, 6.45) is 1.23. The minimum Gasteiger partial charge on any atom is -0.343 e. The first-order chi connectivity index (χ1) is 17.7. The van der Waals surface area contributed by atoms with Gasteiger partial charge in [0.15, 0.2) is 5.78 Å². The van der Waals surface area contributed by atoms with E-state index in [1.807, 2.05) is 35.0 Å². The molecule has 1 unspecified atom stereocenters. The van der Waals surface area contributed by atoms with Gasteiger partial charge in [-0.15, -0.1) is 0 Å². The fraction of sp³-hybridized carbons (Fsp3) is 0.250. The van der Waals surface area contributed by atoms with Gasteiger partial charge >= 0.3 is 0 Å². The van der Waals surface area contributed by atoms with E-state index in [0.717, 1.165) is 57.1 Å². The van der Waals surface area contributed by atoms with Crippen LogP contribution < -0.4 is 5.32 Å². The Kier molecular flexibility index (Phi) is 5.41. The monoisotopic (exact) mass is 491 g/mol. The van der Waals surface area contributed by atoms with Crippen LogP contribution in [-0.4, -0.2) is 15.6 Å². The summed E-state index contributed by atoms with van der Waals surface area (Å²) in [5.74, 6) is 0.365. The molecule has 2 aliphatic rings. The summed E-state index contributed by atoms with van der Waals surface area (Å²) in [6, 6.07) is 23.0. The van der Waals surface area contributed by atoms with Crippen molar-refractivity contribution >= 4 is 11.6 Å². The molecule has 0 bridgehead atoms. The number of ketones is 1. The van der Waals surface area contributed by atoms with Crippen LogP contribution >= 0.6 is 0 Å². The SMILES string of the molecule is Cc1ccc(-n2nc(-c3ccccc3)c3c2NC2=C(C(=O)CC(C)(C)C2)C3c2ccc(F)cc2)c(C)c1. The molecule has 0 saturated heterocycles. The highest BCUT2D eigenvalue weighted by molar-refractivity contribution is 6.02. The molecular formula is C32H30FN3O. The molecule has 6 rings (SSSR count). The third-order valence-corrected chi connectivity index (χ3v) is 7.52. The van der Waals surface area contributed by atoms with E-state index in [2.05, 4.69) is 51.2 Å². The van der Waals surface area contributed by atoms with Crippen LogP contribution in [0.4, 0.5) is 10.2 Å². The molecule has 4 nitrogen and oxygen atoms in total. The van der Waals surface area contributed by atoms with E-state index in [-0.39, 0.29) is 22.9 Å². The Labute approximate surface area is 216 Å². The third kappa shape index (κ3) is 3.99. The summed E-state index contributed by atoms with van der Waals surface area (Å²) in [5, 5.41) is 8.86. The van der Waals surface area contributed by atoms with E-state index in [1.54, 1.807) is 12.1 Å². The van der Waals surface area contributed by atoms with Gasteiger partial charge in [-0.25, -0.2) is 9.07 Å². The van der Waals surface area contributed by atoms with Crippen LogP contribution in [-0.2, 0) is 4.79 Å². The zero-order chi connectivity index (χ0) is 25.9. The lowest BCUT2D eigenvalue weighted by atomic mass is 9.69. The molecule has 1 atom stereocenters. The number of rotatable bonds is 3. The van der Waals surface area contributed by atoms with Crippen molar-refractivity contribution in [3.63, 3.8) is 0 Å². The van der Waals surface area contributed by atoms with E-state index < -0.39 is 0 Å². The van der Waals surface area contributed by atoms with Gasteiger partial charge in [0, 0.05) is 34.7 Å². The number of carbonyl (C=O) groups excluding carboxylic acids is 1. The van der Waals surface area contributed by atoms with E-state index >= 15 is 0 Å². The number of carbonyl (C=O) groups is 1. The fourth-order valence-electron chi connectivity index (χ4n) is 5.91. The minimum absolute atomic E-state index is 0.136. The molecule has 0 spiro atoms. The average molecular weight is 492 g/mol. The molecule has 4 aromatic rings. The Balaban J connectivity index is 1.68. The highest BCUT2D eigenvalue weighted by Crippen LogP contribution is 2.52. The Morgan fingerprint density at radius 2 is 1.70 bits per heavy atom. The second-order valence-corrected chi connectivity index (χ2v) is 11.1. The van der Waals surface area contributed by atoms with Crippen molar-refractivity contribution in [3.8, 4) is 16.9 Å². The van der Waals surface area contributed by atoms with Gasteiger partial charge in [0.2, 0.25) is 0 Å². The summed E-state index contributed by atoms with van der Waals surface area (Å²) >= 11 is 0. The smallest absolute Gasteiger partial charge is 0.162 e. The Morgan fingerprint density at radius 1 is 0.973 bits per heavy atom. The molecule has 2 heterocycles. The molecule has 1 aliphatic heterocycles. The minimum atomic E-state index is -0.342. The van der Waals surface area contributed by atoms with Gasteiger partial charge < -0.3 is 5.32 Å². The summed E-state index contributed by atoms with van der Waals surface area (Å²) in [6.45, 7) is 8.45. The summed E-state index contributed by atoms with van der Waals surface area (Å²) in [5.41, 5.74) is 8.49. The van der Waals surface area contributed by atoms with E-state index in [1.165, 1.54) is 17.7 Å². The lowest BCUT2D eigenvalue weighted by molar-refractivity contribution is -0.118. The standard InChI is InChI=1S/C32H30FN3O/c1-19-10-15-25(20(2)16-19)36-31-29(30(35-36)22-8-6-5-7-9-22)27(21-11-13-23(33)14-12-21)28-24(34-31)17-32(3,4)18-26(28)37/h5-16,27,34H,17-18H2,1-4H3. The highest BCUT2D eigenvalue weighted by atomic mass is 19.1. The maximum Gasteiger partial charge on any atom is 0.162 e. The van der Waals surface area contributed by atoms with E-state index in [0.29, 0.717) is 6.42 Å². The first kappa shape index (κ1) is 23.4. The normalized spacial score (nSPS) is 18.3. The van der Waals surface area contributed by atoms with E-state index in [4.69, 9.17) is 5.10 Å². The van der Waals surface area contributed by atoms with Gasteiger partial charge in [-0.1, -0.05) is 74.0 Å². The van der Waals surface area contributed by atoms with Crippen LogP contribution in [0, 0.1) is 25.1 Å². The number of hydrogen-bond donors (Lipinski definition) is 1. The molecule has 1 N–H and O–H groups in total. The number of Topliss-reactive ketones (excluding diaryl/α,β-unsaturated/α-hetero) is 1. The number of fused-ring (bicyclic) bond motifs is 1. The van der Waals surface area contributed by atoms with Gasteiger partial charge in [-0.3, -0.25) is 4.79 Å². The summed E-state index contributed by atoms with van der Waals surface area (Å²) < 4.78 is 16.0. The molecule has 0 amide bonds. The zero-order valence-corrected chi connectivity index (χ0v) is 21.6. The Bertz CT molecular complexity index is 1560. The summed E-state index contributed by atoms with van der Waals surface area (Å²) in [7, 11) is 0. The van der Waals surface area contributed by atoms with Crippen LogP contribution in [0.3, 0.4) is 0 Å². The number of nitrogens with zero attached hydrogens (tertiary/aromatic N) is 2.